The Morgan fingerprint density at radius 2 is 1.74 bits per heavy atom. The molecule has 0 atom stereocenters. The molecule has 0 aliphatic rings. The molecule has 0 unspecified atom stereocenters. The monoisotopic (exact) mass is 520 g/mol. The van der Waals surface area contributed by atoms with E-state index in [-0.39, 0.29) is 36.2 Å². The SMILES string of the molecule is CC(C)NC(=O)c1cc(N)cc(-c2cnc(NC(C)C)c(=O)n2CC(=O)Nc2ccc(/C(N)=N\O)cc2)c1. The highest BCUT2D eigenvalue weighted by atomic mass is 16.4. The average molecular weight is 521 g/mol. The predicted molar refractivity (Wildman–Crippen MR) is 147 cm³/mol. The van der Waals surface area contributed by atoms with Crippen molar-refractivity contribution >= 4 is 34.8 Å². The third-order valence-corrected chi connectivity index (χ3v) is 5.29. The maximum Gasteiger partial charge on any atom is 0.294 e. The number of hydrogen-bond donors (Lipinski definition) is 6. The smallest absolute Gasteiger partial charge is 0.294 e. The van der Waals surface area contributed by atoms with Gasteiger partial charge in [0.15, 0.2) is 11.7 Å². The van der Waals surface area contributed by atoms with E-state index in [1.807, 2.05) is 27.7 Å². The molecule has 1 aromatic heterocycles. The quantitative estimate of drug-likeness (QED) is 0.0813. The van der Waals surface area contributed by atoms with Crippen LogP contribution >= 0.6 is 0 Å². The summed E-state index contributed by atoms with van der Waals surface area (Å²) < 4.78 is 1.27. The molecule has 0 aliphatic heterocycles. The standard InChI is InChI=1S/C26H32N8O4/c1-14(2)30-24-26(37)34(13-22(35)32-20-7-5-16(6-8-20)23(28)33-38)21(12-29-24)17-9-18(11-19(27)10-17)25(36)31-15(3)4/h5-12,14-15,38H,13,27H2,1-4H3,(H2,28,33)(H,29,30)(H,31,36)(H,32,35). The zero-order valence-electron chi connectivity index (χ0n) is 21.6. The van der Waals surface area contributed by atoms with E-state index in [1.54, 1.807) is 36.4 Å². The number of benzene rings is 2. The number of rotatable bonds is 9. The molecule has 0 radical (unpaired) electrons. The Bertz CT molecular complexity index is 1410. The van der Waals surface area contributed by atoms with E-state index in [0.717, 1.165) is 0 Å². The minimum Gasteiger partial charge on any atom is -0.409 e. The summed E-state index contributed by atoms with van der Waals surface area (Å²) in [6, 6.07) is 10.9. The number of carbonyl (C=O) groups is 2. The van der Waals surface area contributed by atoms with Crippen molar-refractivity contribution in [1.29, 1.82) is 0 Å². The summed E-state index contributed by atoms with van der Waals surface area (Å²) in [5.41, 5.74) is 13.5. The normalized spacial score (nSPS) is 11.5. The molecule has 0 bridgehead atoms. The van der Waals surface area contributed by atoms with Gasteiger partial charge in [0.25, 0.3) is 11.5 Å². The molecular weight excluding hydrogens is 488 g/mol. The number of aromatic nitrogens is 2. The Balaban J connectivity index is 2.00. The van der Waals surface area contributed by atoms with Gasteiger partial charge in [-0.1, -0.05) is 5.16 Å². The van der Waals surface area contributed by atoms with Crippen molar-refractivity contribution in [3.8, 4) is 11.3 Å². The van der Waals surface area contributed by atoms with Crippen LogP contribution in [0.1, 0.15) is 43.6 Å². The van der Waals surface area contributed by atoms with Gasteiger partial charge in [-0.25, -0.2) is 4.98 Å². The number of amidine groups is 1. The molecule has 38 heavy (non-hydrogen) atoms. The molecule has 2 aromatic carbocycles. The summed E-state index contributed by atoms with van der Waals surface area (Å²) in [6.07, 6.45) is 1.46. The second-order valence-corrected chi connectivity index (χ2v) is 9.27. The second kappa shape index (κ2) is 11.9. The Labute approximate surface area is 219 Å². The number of nitrogens with zero attached hydrogens (tertiary/aromatic N) is 3. The fraction of sp³-hybridized carbons (Fsp3) is 0.269. The van der Waals surface area contributed by atoms with Gasteiger partial charge in [0.05, 0.1) is 11.9 Å². The van der Waals surface area contributed by atoms with Gasteiger partial charge in [0.1, 0.15) is 6.54 Å². The van der Waals surface area contributed by atoms with Gasteiger partial charge in [0.2, 0.25) is 5.91 Å². The van der Waals surface area contributed by atoms with E-state index in [9.17, 15) is 14.4 Å². The van der Waals surface area contributed by atoms with Crippen molar-refractivity contribution in [3.05, 3.63) is 70.1 Å². The average Bonchev–Trinajstić information content (AvgIpc) is 2.85. The lowest BCUT2D eigenvalue weighted by Crippen LogP contribution is -2.32. The minimum atomic E-state index is -0.510. The highest BCUT2D eigenvalue weighted by Crippen LogP contribution is 2.24. The number of carbonyl (C=O) groups excluding carboxylic acids is 2. The first-order valence-electron chi connectivity index (χ1n) is 11.9. The highest BCUT2D eigenvalue weighted by molar-refractivity contribution is 5.98. The summed E-state index contributed by atoms with van der Waals surface area (Å²) >= 11 is 0. The highest BCUT2D eigenvalue weighted by Gasteiger charge is 2.18. The van der Waals surface area contributed by atoms with Crippen molar-refractivity contribution in [3.63, 3.8) is 0 Å². The molecule has 8 N–H and O–H groups in total. The summed E-state index contributed by atoms with van der Waals surface area (Å²) in [5, 5.41) is 20.3. The van der Waals surface area contributed by atoms with Crippen LogP contribution in [-0.2, 0) is 11.3 Å². The van der Waals surface area contributed by atoms with Crippen molar-refractivity contribution in [1.82, 2.24) is 14.9 Å². The predicted octanol–water partition coefficient (Wildman–Crippen LogP) is 2.18. The first-order chi connectivity index (χ1) is 18.0. The maximum absolute atomic E-state index is 13.4. The zero-order chi connectivity index (χ0) is 28.0. The van der Waals surface area contributed by atoms with Crippen LogP contribution in [0.5, 0.6) is 0 Å². The molecular formula is C26H32N8O4. The minimum absolute atomic E-state index is 0.0652. The molecule has 0 spiro atoms. The van der Waals surface area contributed by atoms with Gasteiger partial charge in [-0.3, -0.25) is 19.0 Å². The van der Waals surface area contributed by atoms with Crippen molar-refractivity contribution in [2.24, 2.45) is 10.9 Å². The first-order valence-corrected chi connectivity index (χ1v) is 11.9. The van der Waals surface area contributed by atoms with Crippen molar-refractivity contribution in [2.45, 2.75) is 46.3 Å². The number of anilines is 3. The topological polar surface area (TPSA) is 190 Å². The Morgan fingerprint density at radius 1 is 1.05 bits per heavy atom. The van der Waals surface area contributed by atoms with Gasteiger partial charge < -0.3 is 32.6 Å². The number of oxime groups is 1. The van der Waals surface area contributed by atoms with Crippen LogP contribution < -0.4 is 33.0 Å². The number of amides is 2. The fourth-order valence-corrected chi connectivity index (χ4v) is 3.65. The van der Waals surface area contributed by atoms with Crippen LogP contribution in [0.15, 0.2) is 58.6 Å². The lowest BCUT2D eigenvalue weighted by Gasteiger charge is -2.17. The van der Waals surface area contributed by atoms with Crippen LogP contribution in [0.3, 0.4) is 0 Å². The summed E-state index contributed by atoms with van der Waals surface area (Å²) in [4.78, 5) is 43.3. The molecule has 1 heterocycles. The first kappa shape index (κ1) is 27.7. The van der Waals surface area contributed by atoms with E-state index >= 15 is 0 Å². The molecule has 200 valence electrons. The van der Waals surface area contributed by atoms with Gasteiger partial charge in [0, 0.05) is 40.1 Å². The van der Waals surface area contributed by atoms with Crippen LogP contribution in [-0.4, -0.2) is 44.5 Å². The molecule has 0 saturated heterocycles. The van der Waals surface area contributed by atoms with E-state index in [4.69, 9.17) is 16.7 Å². The summed E-state index contributed by atoms with van der Waals surface area (Å²) in [6.45, 7) is 7.07. The van der Waals surface area contributed by atoms with Crippen LogP contribution in [0.2, 0.25) is 0 Å². The third kappa shape index (κ3) is 6.87. The van der Waals surface area contributed by atoms with Gasteiger partial charge >= 0.3 is 0 Å². The van der Waals surface area contributed by atoms with Gasteiger partial charge in [-0.15, -0.1) is 0 Å². The second-order valence-electron chi connectivity index (χ2n) is 9.27. The van der Waals surface area contributed by atoms with E-state index in [0.29, 0.717) is 33.8 Å². The molecule has 3 rings (SSSR count). The summed E-state index contributed by atoms with van der Waals surface area (Å²) in [7, 11) is 0. The van der Waals surface area contributed by atoms with Crippen molar-refractivity contribution < 1.29 is 14.8 Å². The molecule has 12 heteroatoms. The molecule has 3 aromatic rings. The van der Waals surface area contributed by atoms with Gasteiger partial charge in [-0.2, -0.15) is 0 Å². The number of nitrogen functional groups attached to an aromatic ring is 1. The molecule has 0 aliphatic carbocycles. The molecule has 0 saturated carbocycles. The third-order valence-electron chi connectivity index (χ3n) is 5.29. The van der Waals surface area contributed by atoms with Crippen LogP contribution in [0.4, 0.5) is 17.2 Å². The molecule has 12 nitrogen and oxygen atoms in total. The van der Waals surface area contributed by atoms with Gasteiger partial charge in [-0.05, 0) is 70.2 Å². The van der Waals surface area contributed by atoms with E-state index in [1.165, 1.54) is 16.8 Å². The largest absolute Gasteiger partial charge is 0.409 e. The Morgan fingerprint density at radius 3 is 2.34 bits per heavy atom. The maximum atomic E-state index is 13.4. The molecule has 2 amide bonds. The van der Waals surface area contributed by atoms with E-state index < -0.39 is 11.5 Å². The fourth-order valence-electron chi connectivity index (χ4n) is 3.65. The summed E-state index contributed by atoms with van der Waals surface area (Å²) in [5.74, 6) is -0.777. The lowest BCUT2D eigenvalue weighted by molar-refractivity contribution is -0.116. The Hall–Kier alpha value is -4.87. The van der Waals surface area contributed by atoms with Crippen molar-refractivity contribution in [2.75, 3.05) is 16.4 Å². The zero-order valence-corrected chi connectivity index (χ0v) is 21.6. The Kier molecular flexibility index (Phi) is 8.69. The van der Waals surface area contributed by atoms with Crippen LogP contribution in [0.25, 0.3) is 11.3 Å². The number of hydrogen-bond acceptors (Lipinski definition) is 8. The van der Waals surface area contributed by atoms with Crippen LogP contribution in [0, 0.1) is 0 Å². The lowest BCUT2D eigenvalue weighted by atomic mass is 10.1. The number of nitrogens with one attached hydrogen (secondary N) is 3. The number of nitrogens with two attached hydrogens (primary N) is 2. The van der Waals surface area contributed by atoms with E-state index in [2.05, 4.69) is 26.1 Å². The molecule has 0 fully saturated rings.